The summed E-state index contributed by atoms with van der Waals surface area (Å²) in [6.07, 6.45) is 2.29. The lowest BCUT2D eigenvalue weighted by Crippen LogP contribution is -2.40. The molecule has 1 saturated heterocycles. The van der Waals surface area contributed by atoms with Gasteiger partial charge in [-0.15, -0.1) is 0 Å². The number of carbonyl (C=O) groups is 1. The Kier molecular flexibility index (Phi) is 4.59. The first-order valence-electron chi connectivity index (χ1n) is 7.10. The van der Waals surface area contributed by atoms with Crippen LogP contribution in [0.2, 0.25) is 0 Å². The van der Waals surface area contributed by atoms with E-state index < -0.39 is 0 Å². The highest BCUT2D eigenvalue weighted by molar-refractivity contribution is 5.94. The zero-order valence-electron chi connectivity index (χ0n) is 12.0. The average molecular weight is 261 g/mol. The molecular weight excluding hydrogens is 238 g/mol. The Labute approximate surface area is 115 Å². The third-order valence-electron chi connectivity index (χ3n) is 3.72. The standard InChI is InChI=1S/C16H23NO2/c1-11(2)13-6-8-14(9-7-13)16(18)17-12(3)15-5-4-10-19-15/h6-9,11-12,15H,4-5,10H2,1-3H3,(H,17,18)/t12-,15+/m1/s1. The highest BCUT2D eigenvalue weighted by Crippen LogP contribution is 2.17. The van der Waals surface area contributed by atoms with Crippen LogP contribution in [0.25, 0.3) is 0 Å². The molecule has 0 aromatic heterocycles. The number of hydrogen-bond acceptors (Lipinski definition) is 2. The zero-order chi connectivity index (χ0) is 13.8. The molecule has 0 bridgehead atoms. The normalized spacial score (nSPS) is 20.5. The largest absolute Gasteiger partial charge is 0.376 e. The van der Waals surface area contributed by atoms with Crippen molar-refractivity contribution in [3.05, 3.63) is 35.4 Å². The van der Waals surface area contributed by atoms with Gasteiger partial charge in [0.25, 0.3) is 5.91 Å². The molecule has 1 aromatic rings. The van der Waals surface area contributed by atoms with Crippen molar-refractivity contribution < 1.29 is 9.53 Å². The molecule has 19 heavy (non-hydrogen) atoms. The van der Waals surface area contributed by atoms with Crippen LogP contribution >= 0.6 is 0 Å². The Hall–Kier alpha value is -1.35. The molecular formula is C16H23NO2. The summed E-state index contributed by atoms with van der Waals surface area (Å²) in [7, 11) is 0. The fourth-order valence-corrected chi connectivity index (χ4v) is 2.40. The maximum atomic E-state index is 12.1. The Morgan fingerprint density at radius 2 is 1.95 bits per heavy atom. The van der Waals surface area contributed by atoms with Gasteiger partial charge in [-0.2, -0.15) is 0 Å². The molecule has 0 unspecified atom stereocenters. The molecule has 0 aliphatic carbocycles. The summed E-state index contributed by atoms with van der Waals surface area (Å²) in [4.78, 5) is 12.1. The van der Waals surface area contributed by atoms with Crippen molar-refractivity contribution in [3.8, 4) is 0 Å². The van der Waals surface area contributed by atoms with E-state index in [1.807, 2.05) is 31.2 Å². The van der Waals surface area contributed by atoms with Gasteiger partial charge < -0.3 is 10.1 Å². The molecule has 1 amide bonds. The van der Waals surface area contributed by atoms with Gasteiger partial charge in [0.1, 0.15) is 0 Å². The molecule has 104 valence electrons. The fraction of sp³-hybridized carbons (Fsp3) is 0.562. The highest BCUT2D eigenvalue weighted by Gasteiger charge is 2.23. The third kappa shape index (κ3) is 3.57. The molecule has 1 aliphatic rings. The molecule has 3 heteroatoms. The Balaban J connectivity index is 1.95. The second kappa shape index (κ2) is 6.20. The van der Waals surface area contributed by atoms with Gasteiger partial charge in [0.15, 0.2) is 0 Å². The molecule has 0 radical (unpaired) electrons. The molecule has 1 aromatic carbocycles. The number of carbonyl (C=O) groups excluding carboxylic acids is 1. The molecule has 1 heterocycles. The number of amides is 1. The van der Waals surface area contributed by atoms with E-state index in [1.54, 1.807) is 0 Å². The summed E-state index contributed by atoms with van der Waals surface area (Å²) in [5, 5.41) is 3.02. The van der Waals surface area contributed by atoms with Crippen LogP contribution in [0, 0.1) is 0 Å². The predicted molar refractivity (Wildman–Crippen MR) is 76.4 cm³/mol. The predicted octanol–water partition coefficient (Wildman–Crippen LogP) is 3.11. The lowest BCUT2D eigenvalue weighted by atomic mass is 10.0. The summed E-state index contributed by atoms with van der Waals surface area (Å²) < 4.78 is 5.59. The first-order chi connectivity index (χ1) is 9.08. The van der Waals surface area contributed by atoms with Crippen molar-refractivity contribution in [1.29, 1.82) is 0 Å². The second-order valence-corrected chi connectivity index (χ2v) is 5.59. The van der Waals surface area contributed by atoms with Crippen molar-refractivity contribution in [1.82, 2.24) is 5.32 Å². The van der Waals surface area contributed by atoms with Gasteiger partial charge in [-0.3, -0.25) is 4.79 Å². The number of benzene rings is 1. The quantitative estimate of drug-likeness (QED) is 0.904. The SMILES string of the molecule is CC(C)c1ccc(C(=O)N[C@H](C)[C@@H]2CCCO2)cc1. The van der Waals surface area contributed by atoms with Crippen LogP contribution in [0.5, 0.6) is 0 Å². The summed E-state index contributed by atoms with van der Waals surface area (Å²) in [5.74, 6) is 0.473. The van der Waals surface area contributed by atoms with Crippen molar-refractivity contribution in [2.24, 2.45) is 0 Å². The number of rotatable bonds is 4. The molecule has 2 rings (SSSR count). The van der Waals surface area contributed by atoms with E-state index in [2.05, 4.69) is 19.2 Å². The fourth-order valence-electron chi connectivity index (χ4n) is 2.40. The molecule has 1 fully saturated rings. The minimum Gasteiger partial charge on any atom is -0.376 e. The molecule has 0 saturated carbocycles. The van der Waals surface area contributed by atoms with Crippen LogP contribution in [0.1, 0.15) is 55.5 Å². The monoisotopic (exact) mass is 261 g/mol. The van der Waals surface area contributed by atoms with Gasteiger partial charge in [0.2, 0.25) is 0 Å². The van der Waals surface area contributed by atoms with Crippen LogP contribution in [-0.4, -0.2) is 24.7 Å². The lowest BCUT2D eigenvalue weighted by molar-refractivity contribution is 0.0712. The number of hydrogen-bond donors (Lipinski definition) is 1. The van der Waals surface area contributed by atoms with Crippen LogP contribution in [-0.2, 0) is 4.74 Å². The Morgan fingerprint density at radius 1 is 1.26 bits per heavy atom. The van der Waals surface area contributed by atoms with Crippen molar-refractivity contribution in [2.75, 3.05) is 6.61 Å². The van der Waals surface area contributed by atoms with Crippen molar-refractivity contribution in [3.63, 3.8) is 0 Å². The smallest absolute Gasteiger partial charge is 0.251 e. The van der Waals surface area contributed by atoms with E-state index in [4.69, 9.17) is 4.74 Å². The Bertz CT molecular complexity index is 419. The van der Waals surface area contributed by atoms with Gasteiger partial charge in [-0.25, -0.2) is 0 Å². The van der Waals surface area contributed by atoms with Gasteiger partial charge in [0, 0.05) is 12.2 Å². The van der Waals surface area contributed by atoms with E-state index in [0.717, 1.165) is 19.4 Å². The molecule has 3 nitrogen and oxygen atoms in total. The third-order valence-corrected chi connectivity index (χ3v) is 3.72. The van der Waals surface area contributed by atoms with Crippen LogP contribution in [0.3, 0.4) is 0 Å². The van der Waals surface area contributed by atoms with Crippen molar-refractivity contribution >= 4 is 5.91 Å². The summed E-state index contributed by atoms with van der Waals surface area (Å²) in [6, 6.07) is 7.91. The maximum Gasteiger partial charge on any atom is 0.251 e. The molecule has 1 N–H and O–H groups in total. The van der Waals surface area contributed by atoms with E-state index in [0.29, 0.717) is 11.5 Å². The summed E-state index contributed by atoms with van der Waals surface area (Å²) in [5.41, 5.74) is 1.97. The van der Waals surface area contributed by atoms with Gasteiger partial charge in [-0.05, 0) is 43.4 Å². The minimum atomic E-state index is -0.0155. The van der Waals surface area contributed by atoms with Gasteiger partial charge in [0.05, 0.1) is 12.1 Å². The Morgan fingerprint density at radius 3 is 2.47 bits per heavy atom. The minimum absolute atomic E-state index is 0.0155. The zero-order valence-corrected chi connectivity index (χ0v) is 12.0. The maximum absolute atomic E-state index is 12.1. The van der Waals surface area contributed by atoms with Crippen LogP contribution in [0.15, 0.2) is 24.3 Å². The summed E-state index contributed by atoms with van der Waals surface area (Å²) >= 11 is 0. The van der Waals surface area contributed by atoms with E-state index >= 15 is 0 Å². The van der Waals surface area contributed by atoms with E-state index in [1.165, 1.54) is 5.56 Å². The van der Waals surface area contributed by atoms with Crippen molar-refractivity contribution in [2.45, 2.75) is 51.7 Å². The van der Waals surface area contributed by atoms with Gasteiger partial charge in [-0.1, -0.05) is 26.0 Å². The first kappa shape index (κ1) is 14.1. The molecule has 2 atom stereocenters. The number of ether oxygens (including phenoxy) is 1. The van der Waals surface area contributed by atoms with Crippen LogP contribution < -0.4 is 5.32 Å². The van der Waals surface area contributed by atoms with Gasteiger partial charge >= 0.3 is 0 Å². The van der Waals surface area contributed by atoms with Crippen LogP contribution in [0.4, 0.5) is 0 Å². The summed E-state index contributed by atoms with van der Waals surface area (Å²) in [6.45, 7) is 7.12. The molecule has 0 spiro atoms. The molecule has 1 aliphatic heterocycles. The van der Waals surface area contributed by atoms with E-state index in [9.17, 15) is 4.79 Å². The second-order valence-electron chi connectivity index (χ2n) is 5.59. The lowest BCUT2D eigenvalue weighted by Gasteiger charge is -2.20. The highest BCUT2D eigenvalue weighted by atomic mass is 16.5. The average Bonchev–Trinajstić information content (AvgIpc) is 2.92. The topological polar surface area (TPSA) is 38.3 Å². The van der Waals surface area contributed by atoms with E-state index in [-0.39, 0.29) is 18.1 Å². The first-order valence-corrected chi connectivity index (χ1v) is 7.10. The number of nitrogens with one attached hydrogen (secondary N) is 1.